The Morgan fingerprint density at radius 2 is 1.62 bits per heavy atom. The summed E-state index contributed by atoms with van der Waals surface area (Å²) < 4.78 is 0. The molecule has 15 nitrogen and oxygen atoms in total. The zero-order valence-corrected chi connectivity index (χ0v) is 18.8. The monoisotopic (exact) mass is 486 g/mol. The quantitative estimate of drug-likeness (QED) is 0.0609. The predicted octanol–water partition coefficient (Wildman–Crippen LogP) is -4.41. The molecule has 0 aromatic carbocycles. The molecule has 1 aliphatic heterocycles. The van der Waals surface area contributed by atoms with Crippen molar-refractivity contribution in [3.8, 4) is 0 Å². The molecular formula is C19H34N8O7. The number of nitrogens with zero attached hydrogens (tertiary/aromatic N) is 1. The largest absolute Gasteiger partial charge is 0.480 e. The minimum atomic E-state index is -1.50. The maximum absolute atomic E-state index is 12.8. The van der Waals surface area contributed by atoms with Crippen LogP contribution in [0.3, 0.4) is 0 Å². The number of aliphatic hydroxyl groups is 1. The lowest BCUT2D eigenvalue weighted by Gasteiger charge is -2.24. The zero-order valence-electron chi connectivity index (χ0n) is 18.8. The van der Waals surface area contributed by atoms with Gasteiger partial charge in [0.05, 0.1) is 12.6 Å². The number of carboxylic acid groups (broad SMARTS) is 1. The zero-order chi connectivity index (χ0) is 25.7. The van der Waals surface area contributed by atoms with Crippen molar-refractivity contribution < 1.29 is 34.2 Å². The van der Waals surface area contributed by atoms with Crippen molar-refractivity contribution in [1.82, 2.24) is 21.3 Å². The lowest BCUT2D eigenvalue weighted by molar-refractivity contribution is -0.143. The fourth-order valence-electron chi connectivity index (χ4n) is 3.24. The molecule has 1 aliphatic rings. The Hall–Kier alpha value is -3.46. The van der Waals surface area contributed by atoms with Crippen LogP contribution >= 0.6 is 0 Å². The summed E-state index contributed by atoms with van der Waals surface area (Å²) >= 11 is 0. The topological polar surface area (TPSA) is 264 Å². The summed E-state index contributed by atoms with van der Waals surface area (Å²) in [6, 6.07) is -4.46. The molecular weight excluding hydrogens is 452 g/mol. The summed E-state index contributed by atoms with van der Waals surface area (Å²) in [4.78, 5) is 63.8. The summed E-state index contributed by atoms with van der Waals surface area (Å²) in [6.07, 6.45) is 1.34. The standard InChI is InChI=1S/C19H34N8O7/c20-14(29)6-5-12(18(33)34)26-17(32)13(9-28)27-16(31)11(4-2-8-24-19(21)22)25-15(30)10-3-1-7-23-10/h10-13,23,28H,1-9H2,(H2,20,29)(H,25,30)(H,26,32)(H,27,31)(H,33,34)(H4,21,22,24). The van der Waals surface area contributed by atoms with Gasteiger partial charge in [0.25, 0.3) is 0 Å². The van der Waals surface area contributed by atoms with E-state index in [9.17, 15) is 34.2 Å². The van der Waals surface area contributed by atoms with Crippen molar-refractivity contribution >= 4 is 35.6 Å². The number of nitrogens with two attached hydrogens (primary N) is 3. The van der Waals surface area contributed by atoms with Crippen LogP contribution in [0.15, 0.2) is 4.99 Å². The first-order valence-corrected chi connectivity index (χ1v) is 10.9. The molecule has 12 N–H and O–H groups in total. The summed E-state index contributed by atoms with van der Waals surface area (Å²) in [5.74, 6) is -4.40. The van der Waals surface area contributed by atoms with Gasteiger partial charge < -0.3 is 48.7 Å². The fourth-order valence-corrected chi connectivity index (χ4v) is 3.24. The second kappa shape index (κ2) is 14.6. The summed E-state index contributed by atoms with van der Waals surface area (Å²) in [6.45, 7) is 0.0407. The number of hydrogen-bond donors (Lipinski definition) is 9. The highest BCUT2D eigenvalue weighted by atomic mass is 16.4. The van der Waals surface area contributed by atoms with Crippen LogP contribution in [0.2, 0.25) is 0 Å². The molecule has 192 valence electrons. The molecule has 0 aliphatic carbocycles. The number of primary amides is 1. The molecule has 1 heterocycles. The van der Waals surface area contributed by atoms with Crippen LogP contribution in [-0.2, 0) is 24.0 Å². The minimum Gasteiger partial charge on any atom is -0.480 e. The number of carbonyl (C=O) groups excluding carboxylic acids is 4. The van der Waals surface area contributed by atoms with E-state index in [1.165, 1.54) is 0 Å². The normalized spacial score (nSPS) is 17.6. The molecule has 1 rings (SSSR count). The molecule has 1 fully saturated rings. The van der Waals surface area contributed by atoms with Crippen LogP contribution in [0.4, 0.5) is 0 Å². The van der Waals surface area contributed by atoms with E-state index >= 15 is 0 Å². The maximum atomic E-state index is 12.8. The van der Waals surface area contributed by atoms with Crippen molar-refractivity contribution in [2.45, 2.75) is 62.7 Å². The lowest BCUT2D eigenvalue weighted by atomic mass is 10.1. The third kappa shape index (κ3) is 10.4. The predicted molar refractivity (Wildman–Crippen MR) is 120 cm³/mol. The number of nitrogens with one attached hydrogen (secondary N) is 4. The molecule has 34 heavy (non-hydrogen) atoms. The van der Waals surface area contributed by atoms with Gasteiger partial charge in [0.2, 0.25) is 23.6 Å². The van der Waals surface area contributed by atoms with Crippen LogP contribution in [0.5, 0.6) is 0 Å². The van der Waals surface area contributed by atoms with Gasteiger partial charge in [0, 0.05) is 13.0 Å². The van der Waals surface area contributed by atoms with Crippen LogP contribution in [-0.4, -0.2) is 89.6 Å². The minimum absolute atomic E-state index is 0.124. The first-order chi connectivity index (χ1) is 16.0. The van der Waals surface area contributed by atoms with Gasteiger partial charge in [-0.1, -0.05) is 0 Å². The van der Waals surface area contributed by atoms with E-state index in [0.29, 0.717) is 19.4 Å². The van der Waals surface area contributed by atoms with Gasteiger partial charge in [-0.3, -0.25) is 24.2 Å². The van der Waals surface area contributed by atoms with Crippen molar-refractivity contribution in [1.29, 1.82) is 0 Å². The summed E-state index contributed by atoms with van der Waals surface area (Å²) in [7, 11) is 0. The Balaban J connectivity index is 2.82. The third-order valence-corrected chi connectivity index (χ3v) is 5.06. The molecule has 1 saturated heterocycles. The van der Waals surface area contributed by atoms with Crippen LogP contribution in [0, 0.1) is 0 Å². The average molecular weight is 487 g/mol. The van der Waals surface area contributed by atoms with Gasteiger partial charge in [-0.2, -0.15) is 0 Å². The SMILES string of the molecule is NC(=O)CCC(NC(=O)C(CO)NC(=O)C(CCCN=C(N)N)NC(=O)C1CCCN1)C(=O)O. The number of aliphatic hydroxyl groups excluding tert-OH is 1. The lowest BCUT2D eigenvalue weighted by Crippen LogP contribution is -2.58. The summed E-state index contributed by atoms with van der Waals surface area (Å²) in [5, 5.41) is 28.9. The molecule has 4 amide bonds. The van der Waals surface area contributed by atoms with Gasteiger partial charge in [0.15, 0.2) is 5.96 Å². The molecule has 4 unspecified atom stereocenters. The van der Waals surface area contributed by atoms with Crippen LogP contribution < -0.4 is 38.5 Å². The van der Waals surface area contributed by atoms with Gasteiger partial charge in [-0.15, -0.1) is 0 Å². The van der Waals surface area contributed by atoms with E-state index in [1.807, 2.05) is 0 Å². The number of amides is 4. The molecule has 4 atom stereocenters. The van der Waals surface area contributed by atoms with Crippen molar-refractivity contribution in [3.05, 3.63) is 0 Å². The van der Waals surface area contributed by atoms with Gasteiger partial charge in [-0.25, -0.2) is 4.79 Å². The van der Waals surface area contributed by atoms with Gasteiger partial charge in [0.1, 0.15) is 18.1 Å². The van der Waals surface area contributed by atoms with E-state index in [-0.39, 0.29) is 37.7 Å². The highest BCUT2D eigenvalue weighted by Crippen LogP contribution is 2.07. The third-order valence-electron chi connectivity index (χ3n) is 5.06. The summed E-state index contributed by atoms with van der Waals surface area (Å²) in [5.41, 5.74) is 15.6. The molecule has 0 aromatic heterocycles. The molecule has 0 radical (unpaired) electrons. The van der Waals surface area contributed by atoms with Crippen LogP contribution in [0.1, 0.15) is 38.5 Å². The smallest absolute Gasteiger partial charge is 0.326 e. The fraction of sp³-hybridized carbons (Fsp3) is 0.684. The van der Waals surface area contributed by atoms with Gasteiger partial charge in [-0.05, 0) is 38.6 Å². The first kappa shape index (κ1) is 28.6. The van der Waals surface area contributed by atoms with Crippen molar-refractivity contribution in [2.75, 3.05) is 19.7 Å². The van der Waals surface area contributed by atoms with E-state index in [2.05, 4.69) is 26.3 Å². The molecule has 0 saturated carbocycles. The number of carboxylic acids is 1. The number of rotatable bonds is 15. The number of aliphatic carboxylic acids is 1. The average Bonchev–Trinajstić information content (AvgIpc) is 3.31. The number of carbonyl (C=O) groups is 5. The van der Waals surface area contributed by atoms with E-state index in [0.717, 1.165) is 6.42 Å². The highest BCUT2D eigenvalue weighted by molar-refractivity contribution is 5.94. The Kier molecular flexibility index (Phi) is 12.3. The van der Waals surface area contributed by atoms with E-state index in [1.54, 1.807) is 0 Å². The number of aliphatic imine (C=N–C) groups is 1. The van der Waals surface area contributed by atoms with E-state index < -0.39 is 54.5 Å². The highest BCUT2D eigenvalue weighted by Gasteiger charge is 2.31. The maximum Gasteiger partial charge on any atom is 0.326 e. The Morgan fingerprint density at radius 3 is 2.15 bits per heavy atom. The van der Waals surface area contributed by atoms with Crippen LogP contribution in [0.25, 0.3) is 0 Å². The van der Waals surface area contributed by atoms with E-state index in [4.69, 9.17) is 17.2 Å². The molecule has 0 spiro atoms. The second-order valence-electron chi connectivity index (χ2n) is 7.81. The Morgan fingerprint density at radius 1 is 0.971 bits per heavy atom. The number of guanidine groups is 1. The first-order valence-electron chi connectivity index (χ1n) is 10.9. The van der Waals surface area contributed by atoms with Crippen molar-refractivity contribution in [3.63, 3.8) is 0 Å². The van der Waals surface area contributed by atoms with Gasteiger partial charge >= 0.3 is 5.97 Å². The van der Waals surface area contributed by atoms with Crippen molar-refractivity contribution in [2.24, 2.45) is 22.2 Å². The number of hydrogen-bond acceptors (Lipinski definition) is 8. The molecule has 0 bridgehead atoms. The molecule has 15 heteroatoms. The second-order valence-corrected chi connectivity index (χ2v) is 7.81. The molecule has 0 aromatic rings. The Labute approximate surface area is 196 Å². The Bertz CT molecular complexity index is 766.